The average molecular weight is 671 g/mol. The zero-order valence-electron chi connectivity index (χ0n) is 25.1. The summed E-state index contributed by atoms with van der Waals surface area (Å²) in [6.45, 7) is 6.01. The van der Waals surface area contributed by atoms with Gasteiger partial charge >= 0.3 is 12.4 Å². The smallest absolute Gasteiger partial charge is 0.406 e. The number of amidine groups is 1. The van der Waals surface area contributed by atoms with E-state index in [2.05, 4.69) is 25.1 Å². The van der Waals surface area contributed by atoms with Crippen LogP contribution in [0.5, 0.6) is 5.75 Å². The first-order chi connectivity index (χ1) is 21.9. The summed E-state index contributed by atoms with van der Waals surface area (Å²) in [5, 5.41) is 8.19. The molecule has 46 heavy (non-hydrogen) atoms. The van der Waals surface area contributed by atoms with E-state index in [-0.39, 0.29) is 29.4 Å². The lowest BCUT2D eigenvalue weighted by Gasteiger charge is -2.22. The second kappa shape index (κ2) is 14.0. The zero-order chi connectivity index (χ0) is 33.0. The Morgan fingerprint density at radius 2 is 1.83 bits per heavy atom. The number of anilines is 1. The van der Waals surface area contributed by atoms with Crippen LogP contribution >= 0.6 is 23.4 Å². The molecule has 0 aliphatic carbocycles. The maximum Gasteiger partial charge on any atom is 0.573 e. The van der Waals surface area contributed by atoms with Gasteiger partial charge in [0.1, 0.15) is 12.1 Å². The number of ether oxygens (including phenoxy) is 1. The molecule has 1 saturated heterocycles. The molecule has 5 rings (SSSR count). The average Bonchev–Trinajstić information content (AvgIpc) is 3.63. The molecule has 0 radical (unpaired) electrons. The van der Waals surface area contributed by atoms with E-state index in [4.69, 9.17) is 11.6 Å². The molecule has 9 nitrogen and oxygen atoms in total. The van der Waals surface area contributed by atoms with Gasteiger partial charge in [-0.1, -0.05) is 74.5 Å². The van der Waals surface area contributed by atoms with E-state index in [9.17, 15) is 22.8 Å². The summed E-state index contributed by atoms with van der Waals surface area (Å²) in [4.78, 5) is 35.9. The Bertz CT molecular complexity index is 1740. The van der Waals surface area contributed by atoms with Gasteiger partial charge in [-0.05, 0) is 66.3 Å². The van der Waals surface area contributed by atoms with E-state index in [0.29, 0.717) is 40.2 Å². The van der Waals surface area contributed by atoms with Crippen molar-refractivity contribution in [3.63, 3.8) is 0 Å². The van der Waals surface area contributed by atoms with Crippen molar-refractivity contribution in [2.45, 2.75) is 51.9 Å². The van der Waals surface area contributed by atoms with Crippen LogP contribution in [0.1, 0.15) is 44.2 Å². The van der Waals surface area contributed by atoms with E-state index >= 15 is 0 Å². The fourth-order valence-electron chi connectivity index (χ4n) is 4.87. The lowest BCUT2D eigenvalue weighted by molar-refractivity contribution is -0.274. The summed E-state index contributed by atoms with van der Waals surface area (Å²) in [7, 11) is 0. The highest BCUT2D eigenvalue weighted by molar-refractivity contribution is 8.15. The largest absolute Gasteiger partial charge is 0.573 e. The Balaban J connectivity index is 1.23. The molecule has 1 atom stereocenters. The molecule has 4 aromatic rings. The summed E-state index contributed by atoms with van der Waals surface area (Å²) < 4.78 is 42.7. The van der Waals surface area contributed by atoms with Gasteiger partial charge < -0.3 is 10.1 Å². The number of carbonyl (C=O) groups is 2. The van der Waals surface area contributed by atoms with Gasteiger partial charge in [-0.2, -0.15) is 4.99 Å². The minimum atomic E-state index is -4.76. The third kappa shape index (κ3) is 8.07. The molecule has 1 aromatic heterocycles. The monoisotopic (exact) mass is 670 g/mol. The molecular formula is C32H30ClF3N6O3S. The summed E-state index contributed by atoms with van der Waals surface area (Å²) in [6, 6.07) is 17.5. The maximum atomic E-state index is 13.0. The van der Waals surface area contributed by atoms with Crippen molar-refractivity contribution >= 4 is 46.2 Å². The minimum absolute atomic E-state index is 0.130. The Morgan fingerprint density at radius 3 is 2.48 bits per heavy atom. The van der Waals surface area contributed by atoms with Gasteiger partial charge in [-0.25, -0.2) is 14.5 Å². The van der Waals surface area contributed by atoms with Crippen molar-refractivity contribution in [2.75, 3.05) is 10.7 Å². The Hall–Kier alpha value is -4.36. The van der Waals surface area contributed by atoms with Crippen LogP contribution in [0, 0.1) is 0 Å². The third-order valence-corrected chi connectivity index (χ3v) is 8.32. The number of hydrogen-bond donors (Lipinski definition) is 1. The molecule has 240 valence electrons. The minimum Gasteiger partial charge on any atom is -0.406 e. The number of alkyl halides is 3. The summed E-state index contributed by atoms with van der Waals surface area (Å²) in [6.07, 6.45) is -2.10. The van der Waals surface area contributed by atoms with Gasteiger partial charge in [0.05, 0.1) is 17.1 Å². The van der Waals surface area contributed by atoms with Crippen LogP contribution in [0.2, 0.25) is 5.02 Å². The maximum absolute atomic E-state index is 13.0. The van der Waals surface area contributed by atoms with Gasteiger partial charge in [-0.15, -0.1) is 18.3 Å². The number of aromatic nitrogens is 3. The second-order valence-electron chi connectivity index (χ2n) is 10.8. The predicted molar refractivity (Wildman–Crippen MR) is 173 cm³/mol. The fraction of sp³-hybridized carbons (Fsp3) is 0.281. The van der Waals surface area contributed by atoms with Crippen LogP contribution in [0.3, 0.4) is 0 Å². The first-order valence-corrected chi connectivity index (χ1v) is 15.8. The normalized spacial score (nSPS) is 15.1. The summed E-state index contributed by atoms with van der Waals surface area (Å²) >= 11 is 7.46. The topological polar surface area (TPSA) is 102 Å². The third-order valence-electron chi connectivity index (χ3n) is 7.16. The van der Waals surface area contributed by atoms with Gasteiger partial charge in [0.25, 0.3) is 0 Å². The zero-order valence-corrected chi connectivity index (χ0v) is 26.7. The number of benzene rings is 3. The Morgan fingerprint density at radius 1 is 1.11 bits per heavy atom. The number of amides is 3. The van der Waals surface area contributed by atoms with Gasteiger partial charge in [-0.3, -0.25) is 9.69 Å². The molecular weight excluding hydrogens is 641 g/mol. The summed E-state index contributed by atoms with van der Waals surface area (Å²) in [5.74, 6) is 0.252. The van der Waals surface area contributed by atoms with E-state index < -0.39 is 12.4 Å². The molecule has 1 fully saturated rings. The van der Waals surface area contributed by atoms with Crippen LogP contribution in [0.4, 0.5) is 23.7 Å². The SMILES string of the molecule is CCC(Cc1ccc(-c2ncn(-c3ccc(OC(F)(F)F)cc3)n2)cc1)NC(=O)N=C1SCC(=O)N1c1cc(Cl)ccc1C(C)C. The van der Waals surface area contributed by atoms with Crippen molar-refractivity contribution in [3.05, 3.63) is 89.2 Å². The molecule has 0 spiro atoms. The van der Waals surface area contributed by atoms with Gasteiger partial charge in [0, 0.05) is 16.6 Å². The Labute approximate surface area is 272 Å². The number of hydrogen-bond acceptors (Lipinski definition) is 6. The van der Waals surface area contributed by atoms with Crippen LogP contribution in [-0.2, 0) is 11.2 Å². The number of halogens is 4. The molecule has 2 heterocycles. The lowest BCUT2D eigenvalue weighted by atomic mass is 10.0. The quantitative estimate of drug-likeness (QED) is 0.195. The number of urea groups is 1. The molecule has 1 N–H and O–H groups in total. The molecule has 3 amide bonds. The second-order valence-corrected chi connectivity index (χ2v) is 12.2. The molecule has 1 unspecified atom stereocenters. The molecule has 0 saturated carbocycles. The lowest BCUT2D eigenvalue weighted by Crippen LogP contribution is -2.36. The van der Waals surface area contributed by atoms with E-state index in [1.165, 1.54) is 51.9 Å². The van der Waals surface area contributed by atoms with E-state index in [0.717, 1.165) is 16.7 Å². The predicted octanol–water partition coefficient (Wildman–Crippen LogP) is 7.78. The highest BCUT2D eigenvalue weighted by Gasteiger charge is 2.33. The van der Waals surface area contributed by atoms with Crippen molar-refractivity contribution < 1.29 is 27.5 Å². The van der Waals surface area contributed by atoms with Gasteiger partial charge in [0.2, 0.25) is 5.91 Å². The van der Waals surface area contributed by atoms with Gasteiger partial charge in [0.15, 0.2) is 11.0 Å². The molecule has 1 aliphatic rings. The molecule has 0 bridgehead atoms. The number of rotatable bonds is 9. The van der Waals surface area contributed by atoms with Crippen molar-refractivity contribution in [3.8, 4) is 22.8 Å². The molecule has 14 heteroatoms. The van der Waals surface area contributed by atoms with E-state index in [1.807, 2.05) is 51.1 Å². The Kier molecular flexibility index (Phi) is 10.0. The standard InChI is InChI=1S/C32H30ClF3N6O3S/c1-4-23(38-30(44)39-31-42(28(43)17-46-31)27-16-22(33)9-14-26(27)19(2)3)15-20-5-7-21(8-6-20)29-37-18-41(40-29)24-10-12-25(13-11-24)45-32(34,35)36/h5-14,16,18-19,23H,4,15,17H2,1-3H3,(H,38,44). The number of aliphatic imine (C=N–C) groups is 1. The summed E-state index contributed by atoms with van der Waals surface area (Å²) in [5.41, 5.74) is 3.79. The number of nitrogens with one attached hydrogen (secondary N) is 1. The highest BCUT2D eigenvalue weighted by Crippen LogP contribution is 2.35. The first kappa shape index (κ1) is 33.0. The van der Waals surface area contributed by atoms with Crippen LogP contribution in [0.15, 0.2) is 78.0 Å². The van der Waals surface area contributed by atoms with E-state index in [1.54, 1.807) is 12.1 Å². The molecule has 3 aromatic carbocycles. The van der Waals surface area contributed by atoms with Crippen molar-refractivity contribution in [1.82, 2.24) is 20.1 Å². The molecule has 1 aliphatic heterocycles. The van der Waals surface area contributed by atoms with Crippen LogP contribution < -0.4 is 15.0 Å². The van der Waals surface area contributed by atoms with Crippen LogP contribution in [-0.4, -0.2) is 50.0 Å². The first-order valence-electron chi connectivity index (χ1n) is 14.4. The number of carbonyl (C=O) groups excluding carboxylic acids is 2. The van der Waals surface area contributed by atoms with Crippen molar-refractivity contribution in [2.24, 2.45) is 4.99 Å². The van der Waals surface area contributed by atoms with Crippen LogP contribution in [0.25, 0.3) is 17.1 Å². The number of thioether (sulfide) groups is 1. The van der Waals surface area contributed by atoms with Crippen molar-refractivity contribution in [1.29, 1.82) is 0 Å². The number of nitrogens with zero attached hydrogens (tertiary/aromatic N) is 5. The highest BCUT2D eigenvalue weighted by atomic mass is 35.5. The fourth-order valence-corrected chi connectivity index (χ4v) is 5.89.